The van der Waals surface area contributed by atoms with E-state index in [1.807, 2.05) is 48.5 Å². The lowest BCUT2D eigenvalue weighted by atomic mass is 9.89. The maximum absolute atomic E-state index is 12.7. The van der Waals surface area contributed by atoms with Crippen molar-refractivity contribution >= 4 is 10.0 Å². The number of rotatable bonds is 9. The van der Waals surface area contributed by atoms with Crippen molar-refractivity contribution in [3.05, 3.63) is 102 Å². The molecule has 0 aliphatic heterocycles. The van der Waals surface area contributed by atoms with Crippen LogP contribution in [0.3, 0.4) is 0 Å². The van der Waals surface area contributed by atoms with Crippen LogP contribution >= 0.6 is 0 Å². The molecule has 0 unspecified atom stereocenters. The molecule has 0 atom stereocenters. The number of hydrogen-bond acceptors (Lipinski definition) is 2. The van der Waals surface area contributed by atoms with Crippen LogP contribution < -0.4 is 4.72 Å². The second-order valence-electron chi connectivity index (χ2n) is 7.80. The molecule has 0 radical (unpaired) electrons. The van der Waals surface area contributed by atoms with Crippen LogP contribution in [0.25, 0.3) is 0 Å². The Kier molecular flexibility index (Phi) is 7.24. The third-order valence-electron chi connectivity index (χ3n) is 5.01. The first kappa shape index (κ1) is 21.3. The van der Waals surface area contributed by atoms with Gasteiger partial charge in [-0.1, -0.05) is 86.6 Å². The van der Waals surface area contributed by atoms with Crippen LogP contribution in [-0.4, -0.2) is 15.0 Å². The van der Waals surface area contributed by atoms with E-state index in [0.29, 0.717) is 23.8 Å². The molecule has 1 N–H and O–H groups in total. The Morgan fingerprint density at radius 2 is 1.28 bits per heavy atom. The van der Waals surface area contributed by atoms with E-state index in [2.05, 4.69) is 42.8 Å². The molecule has 0 aromatic heterocycles. The molecule has 0 aliphatic rings. The van der Waals surface area contributed by atoms with Crippen molar-refractivity contribution in [2.24, 2.45) is 5.92 Å². The lowest BCUT2D eigenvalue weighted by molar-refractivity contribution is 0.575. The summed E-state index contributed by atoms with van der Waals surface area (Å²) in [6.07, 6.45) is 1.64. The van der Waals surface area contributed by atoms with E-state index in [1.165, 1.54) is 11.1 Å². The minimum absolute atomic E-state index is 0.147. The summed E-state index contributed by atoms with van der Waals surface area (Å²) in [5.74, 6) is 0.692. The molecule has 4 heteroatoms. The summed E-state index contributed by atoms with van der Waals surface area (Å²) in [7, 11) is -3.52. The topological polar surface area (TPSA) is 46.2 Å². The van der Waals surface area contributed by atoms with E-state index in [1.54, 1.807) is 12.1 Å². The summed E-state index contributed by atoms with van der Waals surface area (Å²) in [5, 5.41) is 0. The molecule has 0 amide bonds. The Morgan fingerprint density at radius 3 is 1.76 bits per heavy atom. The number of sulfonamides is 1. The van der Waals surface area contributed by atoms with Gasteiger partial charge >= 0.3 is 0 Å². The standard InChI is InChI=1S/C25H29NO2S/c1-20(2)19-21-13-15-24(16-14-21)29(27,28)26-18-17-25(22-9-5-3-6-10-22)23-11-7-4-8-12-23/h3-16,20,25-26H,17-19H2,1-2H3. The van der Waals surface area contributed by atoms with Gasteiger partial charge in [-0.25, -0.2) is 13.1 Å². The second kappa shape index (κ2) is 9.86. The monoisotopic (exact) mass is 407 g/mol. The van der Waals surface area contributed by atoms with Gasteiger partial charge in [-0.05, 0) is 47.6 Å². The van der Waals surface area contributed by atoms with E-state index in [9.17, 15) is 8.42 Å². The SMILES string of the molecule is CC(C)Cc1ccc(S(=O)(=O)NCCC(c2ccccc2)c2ccccc2)cc1. The molecule has 3 nitrogen and oxygen atoms in total. The second-order valence-corrected chi connectivity index (χ2v) is 9.57. The zero-order chi connectivity index (χ0) is 20.7. The van der Waals surface area contributed by atoms with Crippen LogP contribution in [0.2, 0.25) is 0 Å². The van der Waals surface area contributed by atoms with Gasteiger partial charge in [0.15, 0.2) is 0 Å². The summed E-state index contributed by atoms with van der Waals surface area (Å²) in [5.41, 5.74) is 3.54. The third-order valence-corrected chi connectivity index (χ3v) is 6.48. The summed E-state index contributed by atoms with van der Waals surface area (Å²) in [6.45, 7) is 4.69. The molecule has 3 rings (SSSR count). The van der Waals surface area contributed by atoms with E-state index < -0.39 is 10.0 Å². The molecule has 0 saturated heterocycles. The van der Waals surface area contributed by atoms with Gasteiger partial charge in [0.25, 0.3) is 0 Å². The Balaban J connectivity index is 1.68. The van der Waals surface area contributed by atoms with Crippen LogP contribution in [0.5, 0.6) is 0 Å². The molecular weight excluding hydrogens is 378 g/mol. The molecular formula is C25H29NO2S. The summed E-state index contributed by atoms with van der Waals surface area (Å²) in [4.78, 5) is 0.320. The van der Waals surface area contributed by atoms with Gasteiger partial charge in [-0.2, -0.15) is 0 Å². The molecule has 0 bridgehead atoms. The van der Waals surface area contributed by atoms with Gasteiger partial charge in [-0.15, -0.1) is 0 Å². The van der Waals surface area contributed by atoms with Crippen molar-refractivity contribution in [2.45, 2.75) is 37.5 Å². The smallest absolute Gasteiger partial charge is 0.211 e. The van der Waals surface area contributed by atoms with Gasteiger partial charge in [0, 0.05) is 12.5 Å². The summed E-state index contributed by atoms with van der Waals surface area (Å²) in [6, 6.07) is 27.7. The fourth-order valence-corrected chi connectivity index (χ4v) is 4.64. The van der Waals surface area contributed by atoms with Crippen LogP contribution in [-0.2, 0) is 16.4 Å². The predicted octanol–water partition coefficient (Wildman–Crippen LogP) is 5.39. The van der Waals surface area contributed by atoms with Crippen molar-refractivity contribution in [3.8, 4) is 0 Å². The lowest BCUT2D eigenvalue weighted by Gasteiger charge is -2.18. The lowest BCUT2D eigenvalue weighted by Crippen LogP contribution is -2.26. The average molecular weight is 408 g/mol. The Bertz CT molecular complexity index is 943. The Morgan fingerprint density at radius 1 is 0.759 bits per heavy atom. The largest absolute Gasteiger partial charge is 0.240 e. The predicted molar refractivity (Wildman–Crippen MR) is 120 cm³/mol. The van der Waals surface area contributed by atoms with Gasteiger partial charge in [0.2, 0.25) is 10.0 Å². The fourth-order valence-electron chi connectivity index (χ4n) is 3.59. The highest BCUT2D eigenvalue weighted by Crippen LogP contribution is 2.27. The van der Waals surface area contributed by atoms with Crippen molar-refractivity contribution in [1.82, 2.24) is 4.72 Å². The normalized spacial score (nSPS) is 11.9. The Hall–Kier alpha value is -2.43. The van der Waals surface area contributed by atoms with Crippen molar-refractivity contribution < 1.29 is 8.42 Å². The van der Waals surface area contributed by atoms with E-state index in [0.717, 1.165) is 12.0 Å². The van der Waals surface area contributed by atoms with Crippen LogP contribution in [0.15, 0.2) is 89.8 Å². The third kappa shape index (κ3) is 6.02. The first-order valence-electron chi connectivity index (χ1n) is 10.1. The van der Waals surface area contributed by atoms with Gasteiger partial charge in [0.1, 0.15) is 0 Å². The number of nitrogens with one attached hydrogen (secondary N) is 1. The van der Waals surface area contributed by atoms with Crippen molar-refractivity contribution in [1.29, 1.82) is 0 Å². The highest BCUT2D eigenvalue weighted by molar-refractivity contribution is 7.89. The minimum atomic E-state index is -3.52. The first-order chi connectivity index (χ1) is 14.0. The molecule has 0 aliphatic carbocycles. The van der Waals surface area contributed by atoms with Gasteiger partial charge in [0.05, 0.1) is 4.90 Å². The van der Waals surface area contributed by atoms with E-state index in [4.69, 9.17) is 0 Å². The van der Waals surface area contributed by atoms with Crippen molar-refractivity contribution in [3.63, 3.8) is 0 Å². The molecule has 29 heavy (non-hydrogen) atoms. The van der Waals surface area contributed by atoms with Gasteiger partial charge in [-0.3, -0.25) is 0 Å². The maximum atomic E-state index is 12.7. The highest BCUT2D eigenvalue weighted by atomic mass is 32.2. The quantitative estimate of drug-likeness (QED) is 0.517. The molecule has 0 saturated carbocycles. The summed E-state index contributed by atoms with van der Waals surface area (Å²) < 4.78 is 28.2. The zero-order valence-corrected chi connectivity index (χ0v) is 17.9. The minimum Gasteiger partial charge on any atom is -0.211 e. The van der Waals surface area contributed by atoms with Gasteiger partial charge < -0.3 is 0 Å². The first-order valence-corrected chi connectivity index (χ1v) is 11.6. The molecule has 3 aromatic rings. The van der Waals surface area contributed by atoms with E-state index >= 15 is 0 Å². The molecule has 0 fully saturated rings. The van der Waals surface area contributed by atoms with Crippen LogP contribution in [0, 0.1) is 5.92 Å². The molecule has 0 heterocycles. The Labute approximate surface area is 174 Å². The van der Waals surface area contributed by atoms with E-state index in [-0.39, 0.29) is 5.92 Å². The van der Waals surface area contributed by atoms with Crippen molar-refractivity contribution in [2.75, 3.05) is 6.54 Å². The van der Waals surface area contributed by atoms with Crippen LogP contribution in [0.1, 0.15) is 42.9 Å². The molecule has 152 valence electrons. The number of benzene rings is 3. The summed E-state index contributed by atoms with van der Waals surface area (Å²) >= 11 is 0. The molecule has 0 spiro atoms. The fraction of sp³-hybridized carbons (Fsp3) is 0.280. The number of hydrogen-bond donors (Lipinski definition) is 1. The highest BCUT2D eigenvalue weighted by Gasteiger charge is 2.17. The maximum Gasteiger partial charge on any atom is 0.240 e. The van der Waals surface area contributed by atoms with Crippen LogP contribution in [0.4, 0.5) is 0 Å². The molecule has 3 aromatic carbocycles. The zero-order valence-electron chi connectivity index (χ0n) is 17.1. The average Bonchev–Trinajstić information content (AvgIpc) is 2.72.